The van der Waals surface area contributed by atoms with E-state index in [1.165, 1.54) is 12.1 Å². The lowest BCUT2D eigenvalue weighted by atomic mass is 9.82. The van der Waals surface area contributed by atoms with Crippen molar-refractivity contribution < 1.29 is 19.0 Å². The van der Waals surface area contributed by atoms with Gasteiger partial charge in [-0.25, -0.2) is 9.18 Å². The van der Waals surface area contributed by atoms with Gasteiger partial charge in [0.05, 0.1) is 0 Å². The van der Waals surface area contributed by atoms with E-state index < -0.39 is 11.6 Å². The van der Waals surface area contributed by atoms with Gasteiger partial charge in [-0.05, 0) is 79.5 Å². The van der Waals surface area contributed by atoms with Gasteiger partial charge in [-0.1, -0.05) is 30.7 Å². The van der Waals surface area contributed by atoms with Crippen LogP contribution in [-0.2, 0) is 9.53 Å². The highest BCUT2D eigenvalue weighted by molar-refractivity contribution is 6.20. The molecule has 0 saturated heterocycles. The number of ether oxygens (including phenoxy) is 1. The average molecular weight is 366 g/mol. The molecule has 0 bridgehead atoms. The van der Waals surface area contributed by atoms with E-state index in [1.807, 2.05) is 26.0 Å². The standard InChI is InChI=1S/C23H23FO3/c1-14-13-19(15(2)12-18(14)16-6-8-17(24)9-7-16)20-21(25)23(27-22(20)26)10-4-3-5-11-23/h6-9,12-13,25H,3-5,10-11H2,1-2H3. The number of hydrogen-bond donors (Lipinski definition) is 1. The van der Waals surface area contributed by atoms with Crippen LogP contribution < -0.4 is 0 Å². The average Bonchev–Trinajstić information content (AvgIpc) is 2.88. The van der Waals surface area contributed by atoms with Gasteiger partial charge >= 0.3 is 5.97 Å². The number of hydrogen-bond acceptors (Lipinski definition) is 3. The molecule has 140 valence electrons. The molecule has 0 aromatic heterocycles. The molecule has 1 fully saturated rings. The normalized spacial score (nSPS) is 18.9. The smallest absolute Gasteiger partial charge is 0.343 e. The summed E-state index contributed by atoms with van der Waals surface area (Å²) in [4.78, 5) is 12.6. The molecular formula is C23H23FO3. The van der Waals surface area contributed by atoms with Gasteiger partial charge in [-0.3, -0.25) is 0 Å². The van der Waals surface area contributed by atoms with Crippen molar-refractivity contribution in [3.63, 3.8) is 0 Å². The number of aliphatic hydroxyl groups is 1. The highest BCUT2D eigenvalue weighted by Gasteiger charge is 2.49. The molecule has 3 nitrogen and oxygen atoms in total. The molecule has 2 aromatic rings. The molecule has 0 radical (unpaired) electrons. The first kappa shape index (κ1) is 17.8. The Bertz CT molecular complexity index is 935. The van der Waals surface area contributed by atoms with Crippen LogP contribution in [-0.4, -0.2) is 16.7 Å². The lowest BCUT2D eigenvalue weighted by Crippen LogP contribution is -2.34. The van der Waals surface area contributed by atoms with Crippen molar-refractivity contribution in [3.8, 4) is 11.1 Å². The summed E-state index contributed by atoms with van der Waals surface area (Å²) in [5.74, 6) is -0.623. The molecule has 4 heteroatoms. The first-order chi connectivity index (χ1) is 12.9. The maximum Gasteiger partial charge on any atom is 0.343 e. The molecule has 4 rings (SSSR count). The minimum atomic E-state index is -0.833. The van der Waals surface area contributed by atoms with Gasteiger partial charge in [0.2, 0.25) is 0 Å². The van der Waals surface area contributed by atoms with Crippen molar-refractivity contribution in [3.05, 3.63) is 64.7 Å². The fraction of sp³-hybridized carbons (Fsp3) is 0.348. The van der Waals surface area contributed by atoms with Crippen LogP contribution in [0.2, 0.25) is 0 Å². The van der Waals surface area contributed by atoms with Gasteiger partial charge < -0.3 is 9.84 Å². The van der Waals surface area contributed by atoms with Gasteiger partial charge in [0, 0.05) is 0 Å². The highest BCUT2D eigenvalue weighted by atomic mass is 19.1. The molecule has 27 heavy (non-hydrogen) atoms. The van der Waals surface area contributed by atoms with Crippen molar-refractivity contribution in [2.24, 2.45) is 0 Å². The van der Waals surface area contributed by atoms with Crippen LogP contribution in [0.4, 0.5) is 4.39 Å². The number of rotatable bonds is 2. The van der Waals surface area contributed by atoms with E-state index in [4.69, 9.17) is 4.74 Å². The van der Waals surface area contributed by atoms with E-state index in [0.29, 0.717) is 24.0 Å². The summed E-state index contributed by atoms with van der Waals surface area (Å²) in [5.41, 5.74) is 3.91. The zero-order chi connectivity index (χ0) is 19.2. The minimum Gasteiger partial charge on any atom is -0.507 e. The molecule has 1 heterocycles. The minimum absolute atomic E-state index is 0.0873. The topological polar surface area (TPSA) is 46.5 Å². The van der Waals surface area contributed by atoms with Crippen molar-refractivity contribution in [1.29, 1.82) is 0 Å². The van der Waals surface area contributed by atoms with Gasteiger partial charge in [-0.15, -0.1) is 0 Å². The summed E-state index contributed by atoms with van der Waals surface area (Å²) in [6.45, 7) is 3.87. The first-order valence-electron chi connectivity index (χ1n) is 9.46. The molecule has 1 saturated carbocycles. The molecule has 0 atom stereocenters. The Labute approximate surface area is 158 Å². The van der Waals surface area contributed by atoms with Crippen LogP contribution in [0, 0.1) is 19.7 Å². The Hall–Kier alpha value is -2.62. The summed E-state index contributed by atoms with van der Waals surface area (Å²) < 4.78 is 18.9. The van der Waals surface area contributed by atoms with Crippen molar-refractivity contribution in [2.75, 3.05) is 0 Å². The highest BCUT2D eigenvalue weighted by Crippen LogP contribution is 2.46. The maximum atomic E-state index is 13.2. The van der Waals surface area contributed by atoms with Gasteiger partial charge in [0.25, 0.3) is 0 Å². The van der Waals surface area contributed by atoms with Crippen molar-refractivity contribution in [2.45, 2.75) is 51.6 Å². The first-order valence-corrected chi connectivity index (χ1v) is 9.46. The Morgan fingerprint density at radius 3 is 2.22 bits per heavy atom. The third-order valence-electron chi connectivity index (χ3n) is 5.82. The van der Waals surface area contributed by atoms with Crippen LogP contribution in [0.15, 0.2) is 42.2 Å². The molecular weight excluding hydrogens is 343 g/mol. The second-order valence-corrected chi connectivity index (χ2v) is 7.66. The largest absolute Gasteiger partial charge is 0.507 e. The number of esters is 1. The fourth-order valence-corrected chi connectivity index (χ4v) is 4.33. The van der Waals surface area contributed by atoms with E-state index in [2.05, 4.69) is 0 Å². The van der Waals surface area contributed by atoms with Crippen LogP contribution in [0.3, 0.4) is 0 Å². The summed E-state index contributed by atoms with van der Waals surface area (Å²) in [5, 5.41) is 10.9. The molecule has 1 N–H and O–H groups in total. The quantitative estimate of drug-likeness (QED) is 0.700. The summed E-state index contributed by atoms with van der Waals surface area (Å²) >= 11 is 0. The lowest BCUT2D eigenvalue weighted by Gasteiger charge is -2.31. The molecule has 1 aliphatic carbocycles. The van der Waals surface area contributed by atoms with E-state index in [-0.39, 0.29) is 11.6 Å². The molecule has 0 unspecified atom stereocenters. The zero-order valence-corrected chi connectivity index (χ0v) is 15.6. The number of benzene rings is 2. The molecule has 2 aliphatic rings. The maximum absolute atomic E-state index is 13.2. The van der Waals surface area contributed by atoms with Crippen LogP contribution in [0.25, 0.3) is 16.7 Å². The second-order valence-electron chi connectivity index (χ2n) is 7.66. The summed E-state index contributed by atoms with van der Waals surface area (Å²) in [6, 6.07) is 10.3. The van der Waals surface area contributed by atoms with Gasteiger partial charge in [0.1, 0.15) is 11.4 Å². The summed E-state index contributed by atoms with van der Waals surface area (Å²) in [7, 11) is 0. The number of aliphatic hydroxyl groups excluding tert-OH is 1. The van der Waals surface area contributed by atoms with Gasteiger partial charge in [0.15, 0.2) is 11.4 Å². The van der Waals surface area contributed by atoms with E-state index >= 15 is 0 Å². The third-order valence-corrected chi connectivity index (χ3v) is 5.82. The van der Waals surface area contributed by atoms with E-state index in [9.17, 15) is 14.3 Å². The monoisotopic (exact) mass is 366 g/mol. The van der Waals surface area contributed by atoms with Crippen LogP contribution >= 0.6 is 0 Å². The Balaban J connectivity index is 1.79. The van der Waals surface area contributed by atoms with Gasteiger partial charge in [-0.2, -0.15) is 0 Å². The molecule has 1 spiro atoms. The molecule has 1 aliphatic heterocycles. The van der Waals surface area contributed by atoms with E-state index in [1.54, 1.807) is 12.1 Å². The Morgan fingerprint density at radius 1 is 0.963 bits per heavy atom. The number of carbonyl (C=O) groups excluding carboxylic acids is 1. The van der Waals surface area contributed by atoms with E-state index in [0.717, 1.165) is 41.5 Å². The second kappa shape index (κ2) is 6.52. The molecule has 0 amide bonds. The van der Waals surface area contributed by atoms with Crippen LogP contribution in [0.5, 0.6) is 0 Å². The van der Waals surface area contributed by atoms with Crippen molar-refractivity contribution >= 4 is 11.5 Å². The Kier molecular flexibility index (Phi) is 4.29. The fourth-order valence-electron chi connectivity index (χ4n) is 4.33. The Morgan fingerprint density at radius 2 is 1.56 bits per heavy atom. The lowest BCUT2D eigenvalue weighted by molar-refractivity contribution is -0.149. The number of aryl methyl sites for hydroxylation is 2. The SMILES string of the molecule is Cc1cc(-c2ccc(F)cc2)c(C)cc1C1=C(O)C2(CCCCC2)OC1=O. The predicted octanol–water partition coefficient (Wildman–Crippen LogP) is 5.64. The number of halogens is 1. The summed E-state index contributed by atoms with van der Waals surface area (Å²) in [6.07, 6.45) is 4.37. The van der Waals surface area contributed by atoms with Crippen molar-refractivity contribution in [1.82, 2.24) is 0 Å². The zero-order valence-electron chi connectivity index (χ0n) is 15.6. The number of carbonyl (C=O) groups is 1. The molecule has 2 aromatic carbocycles. The predicted molar refractivity (Wildman–Crippen MR) is 103 cm³/mol. The van der Waals surface area contributed by atoms with Crippen LogP contribution in [0.1, 0.15) is 48.8 Å². The third kappa shape index (κ3) is 2.93.